The third-order valence-corrected chi connectivity index (χ3v) is 5.40. The van der Waals surface area contributed by atoms with Crippen LogP contribution in [-0.2, 0) is 14.3 Å². The van der Waals surface area contributed by atoms with E-state index in [-0.39, 0.29) is 30.9 Å². The Morgan fingerprint density at radius 1 is 1.21 bits per heavy atom. The molecule has 0 radical (unpaired) electrons. The van der Waals surface area contributed by atoms with E-state index in [1.54, 1.807) is 11.8 Å². The van der Waals surface area contributed by atoms with Gasteiger partial charge in [-0.1, -0.05) is 18.5 Å². The molecule has 1 N–H and O–H groups in total. The van der Waals surface area contributed by atoms with E-state index in [2.05, 4.69) is 12.2 Å². The summed E-state index contributed by atoms with van der Waals surface area (Å²) in [6.07, 6.45) is 4.60. The van der Waals surface area contributed by atoms with Crippen molar-refractivity contribution in [2.75, 3.05) is 12.4 Å². The number of carbonyl (C=O) groups excluding carboxylic acids is 2. The second-order valence-corrected chi connectivity index (χ2v) is 7.84. The summed E-state index contributed by atoms with van der Waals surface area (Å²) in [5, 5.41) is 3.64. The van der Waals surface area contributed by atoms with Crippen LogP contribution in [0.25, 0.3) is 0 Å². The van der Waals surface area contributed by atoms with Crippen molar-refractivity contribution in [3.8, 4) is 0 Å². The predicted molar refractivity (Wildman–Crippen MR) is 97.3 cm³/mol. The van der Waals surface area contributed by atoms with E-state index in [4.69, 9.17) is 16.3 Å². The predicted octanol–water partition coefficient (Wildman–Crippen LogP) is 4.06. The Morgan fingerprint density at radius 2 is 1.88 bits per heavy atom. The van der Waals surface area contributed by atoms with Gasteiger partial charge in [-0.3, -0.25) is 9.59 Å². The molecule has 1 saturated carbocycles. The van der Waals surface area contributed by atoms with Gasteiger partial charge in [-0.25, -0.2) is 0 Å². The number of halogens is 1. The molecule has 1 amide bonds. The van der Waals surface area contributed by atoms with Crippen LogP contribution in [0.15, 0.2) is 29.2 Å². The zero-order chi connectivity index (χ0) is 17.4. The monoisotopic (exact) mass is 369 g/mol. The molecule has 1 aliphatic rings. The van der Waals surface area contributed by atoms with Crippen LogP contribution < -0.4 is 5.32 Å². The van der Waals surface area contributed by atoms with Crippen molar-refractivity contribution in [3.05, 3.63) is 29.3 Å². The molecule has 0 heterocycles. The Kier molecular flexibility index (Phi) is 7.92. The first kappa shape index (κ1) is 19.1. The first-order valence-corrected chi connectivity index (χ1v) is 9.72. The van der Waals surface area contributed by atoms with Crippen LogP contribution in [0.5, 0.6) is 0 Å². The molecule has 6 heteroatoms. The van der Waals surface area contributed by atoms with E-state index < -0.39 is 0 Å². The lowest BCUT2D eigenvalue weighted by Crippen LogP contribution is -2.39. The van der Waals surface area contributed by atoms with Crippen molar-refractivity contribution in [1.29, 1.82) is 0 Å². The number of ether oxygens (including phenoxy) is 1. The Balaban J connectivity index is 1.57. The highest BCUT2D eigenvalue weighted by Crippen LogP contribution is 2.23. The number of thioether (sulfide) groups is 1. The van der Waals surface area contributed by atoms with Crippen molar-refractivity contribution >= 4 is 35.2 Å². The summed E-state index contributed by atoms with van der Waals surface area (Å²) in [4.78, 5) is 24.6. The van der Waals surface area contributed by atoms with Gasteiger partial charge in [0.1, 0.15) is 0 Å². The number of esters is 1. The summed E-state index contributed by atoms with van der Waals surface area (Å²) in [6.45, 7) is 2.05. The highest BCUT2D eigenvalue weighted by molar-refractivity contribution is 7.99. The van der Waals surface area contributed by atoms with Gasteiger partial charge >= 0.3 is 5.97 Å². The van der Waals surface area contributed by atoms with Gasteiger partial charge in [0.2, 0.25) is 0 Å². The van der Waals surface area contributed by atoms with Gasteiger partial charge in [0.25, 0.3) is 5.91 Å². The van der Waals surface area contributed by atoms with E-state index in [0.29, 0.717) is 10.8 Å². The number of rotatable bonds is 7. The summed E-state index contributed by atoms with van der Waals surface area (Å²) >= 11 is 7.38. The Bertz CT molecular complexity index is 542. The fourth-order valence-electron chi connectivity index (χ4n) is 2.68. The second kappa shape index (κ2) is 9.94. The van der Waals surface area contributed by atoms with Crippen LogP contribution in [0.2, 0.25) is 5.02 Å². The molecule has 0 unspecified atom stereocenters. The van der Waals surface area contributed by atoms with Crippen molar-refractivity contribution in [3.63, 3.8) is 0 Å². The lowest BCUT2D eigenvalue weighted by molar-refractivity contribution is -0.148. The summed E-state index contributed by atoms with van der Waals surface area (Å²) in [6, 6.07) is 7.69. The number of nitrogens with one attached hydrogen (secondary N) is 1. The first-order valence-electron chi connectivity index (χ1n) is 8.36. The fraction of sp³-hybridized carbons (Fsp3) is 0.556. The minimum atomic E-state index is -0.344. The highest BCUT2D eigenvalue weighted by Gasteiger charge is 2.20. The summed E-state index contributed by atoms with van der Waals surface area (Å²) < 4.78 is 5.04. The normalized spacial score (nSPS) is 20.4. The van der Waals surface area contributed by atoms with E-state index in [9.17, 15) is 9.59 Å². The SMILES string of the molecule is CC1CCC(NC(=O)COC(=O)CCSc2ccc(Cl)cc2)CC1. The van der Waals surface area contributed by atoms with Crippen LogP contribution in [0.3, 0.4) is 0 Å². The molecule has 0 aromatic heterocycles. The molecule has 0 bridgehead atoms. The van der Waals surface area contributed by atoms with E-state index in [0.717, 1.165) is 36.5 Å². The highest BCUT2D eigenvalue weighted by atomic mass is 35.5. The van der Waals surface area contributed by atoms with Crippen LogP contribution >= 0.6 is 23.4 Å². The second-order valence-electron chi connectivity index (χ2n) is 6.24. The third kappa shape index (κ3) is 7.14. The molecule has 1 aromatic rings. The average Bonchev–Trinajstić information content (AvgIpc) is 2.57. The Hall–Kier alpha value is -1.20. The third-order valence-electron chi connectivity index (χ3n) is 4.13. The van der Waals surface area contributed by atoms with E-state index >= 15 is 0 Å². The van der Waals surface area contributed by atoms with Crippen molar-refractivity contribution < 1.29 is 14.3 Å². The van der Waals surface area contributed by atoms with Crippen molar-refractivity contribution in [1.82, 2.24) is 5.32 Å². The molecule has 0 aliphatic heterocycles. The quantitative estimate of drug-likeness (QED) is 0.581. The number of amides is 1. The minimum Gasteiger partial charge on any atom is -0.456 e. The molecular weight excluding hydrogens is 346 g/mol. The fourth-order valence-corrected chi connectivity index (χ4v) is 3.63. The van der Waals surface area contributed by atoms with Gasteiger partial charge in [-0.05, 0) is 55.9 Å². The van der Waals surface area contributed by atoms with Crippen LogP contribution in [0, 0.1) is 5.92 Å². The topological polar surface area (TPSA) is 55.4 Å². The maximum absolute atomic E-state index is 11.8. The number of benzene rings is 1. The van der Waals surface area contributed by atoms with Crippen LogP contribution in [-0.4, -0.2) is 30.3 Å². The van der Waals surface area contributed by atoms with E-state index in [1.165, 1.54) is 0 Å². The molecular formula is C18H24ClNO3S. The van der Waals surface area contributed by atoms with Crippen molar-refractivity contribution in [2.24, 2.45) is 5.92 Å². The molecule has 4 nitrogen and oxygen atoms in total. The number of carbonyl (C=O) groups is 2. The van der Waals surface area contributed by atoms with Gasteiger partial charge < -0.3 is 10.1 Å². The standard InChI is InChI=1S/C18H24ClNO3S/c1-13-2-6-15(7-3-13)20-17(21)12-23-18(22)10-11-24-16-8-4-14(19)5-9-16/h4-5,8-9,13,15H,2-3,6-7,10-12H2,1H3,(H,20,21). The molecule has 0 saturated heterocycles. The molecule has 24 heavy (non-hydrogen) atoms. The maximum Gasteiger partial charge on any atom is 0.307 e. The van der Waals surface area contributed by atoms with Crippen molar-refractivity contribution in [2.45, 2.75) is 50.0 Å². The summed E-state index contributed by atoms with van der Waals surface area (Å²) in [7, 11) is 0. The molecule has 0 spiro atoms. The van der Waals surface area contributed by atoms with Gasteiger partial charge in [0.15, 0.2) is 6.61 Å². The van der Waals surface area contributed by atoms with Gasteiger partial charge in [-0.2, -0.15) is 0 Å². The largest absolute Gasteiger partial charge is 0.456 e. The zero-order valence-corrected chi connectivity index (χ0v) is 15.5. The first-order chi connectivity index (χ1) is 11.5. The zero-order valence-electron chi connectivity index (χ0n) is 13.9. The van der Waals surface area contributed by atoms with Gasteiger partial charge in [0, 0.05) is 21.7 Å². The smallest absolute Gasteiger partial charge is 0.307 e. The lowest BCUT2D eigenvalue weighted by atomic mass is 9.87. The van der Waals surface area contributed by atoms with Gasteiger partial charge in [0.05, 0.1) is 6.42 Å². The molecule has 0 atom stereocenters. The summed E-state index contributed by atoms with van der Waals surface area (Å²) in [5.41, 5.74) is 0. The minimum absolute atomic E-state index is 0.184. The number of hydrogen-bond acceptors (Lipinski definition) is 4. The Morgan fingerprint density at radius 3 is 2.54 bits per heavy atom. The average molecular weight is 370 g/mol. The number of hydrogen-bond donors (Lipinski definition) is 1. The van der Waals surface area contributed by atoms with Crippen LogP contribution in [0.4, 0.5) is 0 Å². The molecule has 132 valence electrons. The molecule has 1 aliphatic carbocycles. The molecule has 1 aromatic carbocycles. The molecule has 2 rings (SSSR count). The lowest BCUT2D eigenvalue weighted by Gasteiger charge is -2.26. The molecule has 1 fully saturated rings. The van der Waals surface area contributed by atoms with Gasteiger partial charge in [-0.15, -0.1) is 11.8 Å². The Labute approximate surface area is 152 Å². The van der Waals surface area contributed by atoms with Crippen LogP contribution in [0.1, 0.15) is 39.0 Å². The summed E-state index contributed by atoms with van der Waals surface area (Å²) in [5.74, 6) is 0.814. The van der Waals surface area contributed by atoms with E-state index in [1.807, 2.05) is 24.3 Å². The maximum atomic E-state index is 11.8.